The van der Waals surface area contributed by atoms with Crippen molar-refractivity contribution in [3.05, 3.63) is 89.2 Å². The average molecular weight is 435 g/mol. The Morgan fingerprint density at radius 2 is 1.50 bits per heavy atom. The maximum atomic E-state index is 14.2. The zero-order chi connectivity index (χ0) is 21.6. The van der Waals surface area contributed by atoms with Gasteiger partial charge < -0.3 is 5.32 Å². The van der Waals surface area contributed by atoms with Crippen LogP contribution in [-0.2, 0) is 12.5 Å². The smallest absolute Gasteiger partial charge is 0.274 e. The summed E-state index contributed by atoms with van der Waals surface area (Å²) in [5.41, 5.74) is 0.705. The van der Waals surface area contributed by atoms with Gasteiger partial charge in [0, 0.05) is 36.7 Å². The maximum Gasteiger partial charge on any atom is 0.274 e. The van der Waals surface area contributed by atoms with E-state index in [2.05, 4.69) is 15.3 Å². The minimum absolute atomic E-state index is 0.0421. The summed E-state index contributed by atoms with van der Waals surface area (Å²) in [4.78, 5) is 20.2. The number of nitrogens with one attached hydrogen (secondary N) is 1. The number of hydrogen-bond donors (Lipinski definition) is 1. The zero-order valence-corrected chi connectivity index (χ0v) is 16.4. The zero-order valence-electron chi connectivity index (χ0n) is 15.6. The number of amides is 1. The second-order valence-electron chi connectivity index (χ2n) is 6.37. The molecule has 30 heavy (non-hydrogen) atoms. The first kappa shape index (κ1) is 21.8. The Kier molecular flexibility index (Phi) is 7.04. The number of aromatic nitrogens is 2. The molecule has 0 saturated carbocycles. The summed E-state index contributed by atoms with van der Waals surface area (Å²) in [5.74, 6) is -4.39. The lowest BCUT2D eigenvalue weighted by molar-refractivity contribution is -0.00707. The number of rotatable bonds is 8. The molecule has 0 aliphatic carbocycles. The molecular weight excluding hydrogens is 418 g/mol. The van der Waals surface area contributed by atoms with E-state index in [-0.39, 0.29) is 34.4 Å². The van der Waals surface area contributed by atoms with Crippen molar-refractivity contribution >= 4 is 17.7 Å². The van der Waals surface area contributed by atoms with Crippen LogP contribution < -0.4 is 5.32 Å². The molecule has 2 aromatic carbocycles. The van der Waals surface area contributed by atoms with E-state index in [1.807, 2.05) is 0 Å². The summed E-state index contributed by atoms with van der Waals surface area (Å²) < 4.78 is 54.1. The first-order valence-corrected chi connectivity index (χ1v) is 9.93. The van der Waals surface area contributed by atoms with Gasteiger partial charge in [-0.05, 0) is 29.8 Å². The molecule has 0 aliphatic rings. The second-order valence-corrected chi connectivity index (χ2v) is 7.44. The summed E-state index contributed by atoms with van der Waals surface area (Å²) in [6.07, 6.45) is 2.16. The number of thioether (sulfide) groups is 1. The van der Waals surface area contributed by atoms with Gasteiger partial charge in [0.05, 0.1) is 5.56 Å². The largest absolute Gasteiger partial charge is 0.348 e. The monoisotopic (exact) mass is 435 g/mol. The quantitative estimate of drug-likeness (QED) is 0.309. The molecule has 0 aliphatic heterocycles. The van der Waals surface area contributed by atoms with Gasteiger partial charge in [0.15, 0.2) is 5.16 Å². The van der Waals surface area contributed by atoms with Crippen LogP contribution in [0.5, 0.6) is 0 Å². The standard InChI is InChI=1S/C21H17F4N3OS/c22-17-5-1-14(2-6-17)11-26-19(29)15-12-27-20(28-13-15)30-10-9-21(24,25)16-3-7-18(23)8-4-16/h1-8,12-13H,9-11H2,(H,26,29). The highest BCUT2D eigenvalue weighted by Gasteiger charge is 2.31. The molecule has 3 rings (SSSR count). The predicted molar refractivity (Wildman–Crippen MR) is 105 cm³/mol. The highest BCUT2D eigenvalue weighted by atomic mass is 32.2. The van der Waals surface area contributed by atoms with Crippen molar-refractivity contribution in [3.63, 3.8) is 0 Å². The van der Waals surface area contributed by atoms with Gasteiger partial charge in [0.1, 0.15) is 11.6 Å². The number of halogens is 4. The number of carbonyl (C=O) groups excluding carboxylic acids is 1. The molecule has 0 bridgehead atoms. The van der Waals surface area contributed by atoms with Crippen LogP contribution in [0.25, 0.3) is 0 Å². The first-order chi connectivity index (χ1) is 14.3. The SMILES string of the molecule is O=C(NCc1ccc(F)cc1)c1cnc(SCCC(F)(F)c2ccc(F)cc2)nc1. The molecule has 0 spiro atoms. The van der Waals surface area contributed by atoms with Gasteiger partial charge in [-0.1, -0.05) is 36.0 Å². The van der Waals surface area contributed by atoms with E-state index in [1.165, 1.54) is 24.5 Å². The molecule has 0 radical (unpaired) electrons. The van der Waals surface area contributed by atoms with Crippen LogP contribution >= 0.6 is 11.8 Å². The Hall–Kier alpha value is -2.94. The van der Waals surface area contributed by atoms with Gasteiger partial charge in [-0.3, -0.25) is 4.79 Å². The van der Waals surface area contributed by atoms with Gasteiger partial charge in [0.2, 0.25) is 0 Å². The molecule has 1 amide bonds. The molecular formula is C21H17F4N3OS. The van der Waals surface area contributed by atoms with Gasteiger partial charge in [-0.25, -0.2) is 27.5 Å². The average Bonchev–Trinajstić information content (AvgIpc) is 2.74. The fourth-order valence-electron chi connectivity index (χ4n) is 2.50. The third-order valence-electron chi connectivity index (χ3n) is 4.17. The van der Waals surface area contributed by atoms with Crippen molar-refractivity contribution in [2.45, 2.75) is 24.0 Å². The molecule has 0 atom stereocenters. The molecule has 1 N–H and O–H groups in total. The van der Waals surface area contributed by atoms with E-state index in [0.29, 0.717) is 0 Å². The lowest BCUT2D eigenvalue weighted by atomic mass is 10.1. The Morgan fingerprint density at radius 3 is 2.10 bits per heavy atom. The molecule has 156 valence electrons. The maximum absolute atomic E-state index is 14.2. The summed E-state index contributed by atoms with van der Waals surface area (Å²) in [5, 5.41) is 2.93. The summed E-state index contributed by atoms with van der Waals surface area (Å²) in [6, 6.07) is 9.86. The number of carbonyl (C=O) groups is 1. The topological polar surface area (TPSA) is 54.9 Å². The van der Waals surface area contributed by atoms with E-state index in [1.54, 1.807) is 12.1 Å². The van der Waals surface area contributed by atoms with Gasteiger partial charge in [-0.15, -0.1) is 0 Å². The van der Waals surface area contributed by atoms with Crippen molar-refractivity contribution in [3.8, 4) is 0 Å². The fraction of sp³-hybridized carbons (Fsp3) is 0.190. The van der Waals surface area contributed by atoms with Crippen molar-refractivity contribution in [2.24, 2.45) is 0 Å². The molecule has 1 aromatic heterocycles. The number of alkyl halides is 2. The van der Waals surface area contributed by atoms with Crippen LogP contribution in [0.2, 0.25) is 0 Å². The molecule has 3 aromatic rings. The number of hydrogen-bond acceptors (Lipinski definition) is 4. The van der Waals surface area contributed by atoms with E-state index in [9.17, 15) is 22.4 Å². The Bertz CT molecular complexity index is 981. The lowest BCUT2D eigenvalue weighted by Gasteiger charge is -2.16. The van der Waals surface area contributed by atoms with Crippen LogP contribution in [0.4, 0.5) is 17.6 Å². The molecule has 0 saturated heterocycles. The van der Waals surface area contributed by atoms with Crippen molar-refractivity contribution in [2.75, 3.05) is 5.75 Å². The van der Waals surface area contributed by atoms with Crippen LogP contribution in [0.3, 0.4) is 0 Å². The lowest BCUT2D eigenvalue weighted by Crippen LogP contribution is -2.23. The van der Waals surface area contributed by atoms with Crippen molar-refractivity contribution in [1.29, 1.82) is 0 Å². The Balaban J connectivity index is 1.48. The van der Waals surface area contributed by atoms with Crippen LogP contribution in [0.1, 0.15) is 27.9 Å². The molecule has 9 heteroatoms. The Labute approximate surface area is 174 Å². The minimum atomic E-state index is -3.10. The third-order valence-corrected chi connectivity index (χ3v) is 5.05. The van der Waals surface area contributed by atoms with E-state index >= 15 is 0 Å². The highest BCUT2D eigenvalue weighted by Crippen LogP contribution is 2.33. The highest BCUT2D eigenvalue weighted by molar-refractivity contribution is 7.99. The predicted octanol–water partition coefficient (Wildman–Crippen LogP) is 4.96. The first-order valence-electron chi connectivity index (χ1n) is 8.95. The van der Waals surface area contributed by atoms with Crippen molar-refractivity contribution < 1.29 is 22.4 Å². The molecule has 0 fully saturated rings. The Morgan fingerprint density at radius 1 is 0.933 bits per heavy atom. The normalized spacial score (nSPS) is 11.3. The van der Waals surface area contributed by atoms with Gasteiger partial charge in [0.25, 0.3) is 11.8 Å². The second kappa shape index (κ2) is 9.71. The van der Waals surface area contributed by atoms with Crippen LogP contribution in [0.15, 0.2) is 66.1 Å². The van der Waals surface area contributed by atoms with Crippen LogP contribution in [-0.4, -0.2) is 21.6 Å². The fourth-order valence-corrected chi connectivity index (χ4v) is 3.30. The third kappa shape index (κ3) is 6.03. The van der Waals surface area contributed by atoms with Gasteiger partial charge in [-0.2, -0.15) is 0 Å². The van der Waals surface area contributed by atoms with E-state index in [0.717, 1.165) is 41.6 Å². The minimum Gasteiger partial charge on any atom is -0.348 e. The van der Waals surface area contributed by atoms with Crippen molar-refractivity contribution in [1.82, 2.24) is 15.3 Å². The van der Waals surface area contributed by atoms with E-state index in [4.69, 9.17) is 0 Å². The summed E-state index contributed by atoms with van der Waals surface area (Å²) in [6.45, 7) is 0.216. The molecule has 0 unspecified atom stereocenters. The van der Waals surface area contributed by atoms with Crippen LogP contribution in [0, 0.1) is 11.6 Å². The summed E-state index contributed by atoms with van der Waals surface area (Å²) in [7, 11) is 0. The number of benzene rings is 2. The molecule has 4 nitrogen and oxygen atoms in total. The molecule has 1 heterocycles. The van der Waals surface area contributed by atoms with E-state index < -0.39 is 24.1 Å². The van der Waals surface area contributed by atoms with Gasteiger partial charge >= 0.3 is 0 Å². The summed E-state index contributed by atoms with van der Waals surface area (Å²) >= 11 is 1.03. The number of nitrogens with zero attached hydrogens (tertiary/aromatic N) is 2.